The maximum atomic E-state index is 13.1. The average molecular weight is 439 g/mol. The van der Waals surface area contributed by atoms with Gasteiger partial charge < -0.3 is 0 Å². The molecule has 1 heterocycles. The Morgan fingerprint density at radius 1 is 0.957 bits per heavy atom. The Bertz CT molecular complexity index is 447. The van der Waals surface area contributed by atoms with Crippen LogP contribution in [0.25, 0.3) is 0 Å². The van der Waals surface area contributed by atoms with Gasteiger partial charge in [0, 0.05) is 0 Å². The summed E-state index contributed by atoms with van der Waals surface area (Å²) < 4.78 is 45.2. The minimum atomic E-state index is -4.34. The molecule has 0 saturated carbocycles. The van der Waals surface area contributed by atoms with Crippen LogP contribution in [0.3, 0.4) is 0 Å². The molecule has 0 N–H and O–H groups in total. The second-order valence-electron chi connectivity index (χ2n) is 6.63. The molecule has 0 atom stereocenters. The Kier molecular flexibility index (Phi) is 8.45. The molecule has 0 spiro atoms. The summed E-state index contributed by atoms with van der Waals surface area (Å²) in [5.41, 5.74) is -0.708. The van der Waals surface area contributed by atoms with Crippen LogP contribution >= 0.6 is 0 Å². The van der Waals surface area contributed by atoms with Gasteiger partial charge in [0.2, 0.25) is 0 Å². The molecule has 0 aromatic carbocycles. The van der Waals surface area contributed by atoms with Gasteiger partial charge in [-0.25, -0.2) is 0 Å². The number of aryl methyl sites for hydroxylation is 1. The van der Waals surface area contributed by atoms with Crippen molar-refractivity contribution in [2.24, 2.45) is 7.05 Å². The Hall–Kier alpha value is -0.201. The van der Waals surface area contributed by atoms with Gasteiger partial charge in [0.1, 0.15) is 0 Å². The molecule has 2 nitrogen and oxygen atoms in total. The minimum absolute atomic E-state index is 0.708. The Balaban J connectivity index is 3.26. The number of alkyl halides is 3. The summed E-state index contributed by atoms with van der Waals surface area (Å²) >= 11 is -2.84. The van der Waals surface area contributed by atoms with Crippen molar-refractivity contribution in [3.8, 4) is 0 Å². The number of hydrogen-bond donors (Lipinski definition) is 0. The molecule has 0 bridgehead atoms. The van der Waals surface area contributed by atoms with Crippen molar-refractivity contribution < 1.29 is 13.2 Å². The first kappa shape index (κ1) is 20.8. The Labute approximate surface area is 142 Å². The second kappa shape index (κ2) is 9.33. The third-order valence-corrected chi connectivity index (χ3v) is 20.4. The van der Waals surface area contributed by atoms with Gasteiger partial charge in [-0.2, -0.15) is 0 Å². The molecule has 1 rings (SSSR count). The monoisotopic (exact) mass is 440 g/mol. The van der Waals surface area contributed by atoms with E-state index in [0.717, 1.165) is 55.5 Å². The van der Waals surface area contributed by atoms with E-state index in [-0.39, 0.29) is 0 Å². The molecule has 0 amide bonds. The van der Waals surface area contributed by atoms with E-state index in [2.05, 4.69) is 25.9 Å². The van der Waals surface area contributed by atoms with Crippen LogP contribution in [0.5, 0.6) is 0 Å². The van der Waals surface area contributed by atoms with Gasteiger partial charge in [-0.15, -0.1) is 0 Å². The van der Waals surface area contributed by atoms with E-state index in [1.165, 1.54) is 6.07 Å². The van der Waals surface area contributed by atoms with Gasteiger partial charge in [0.05, 0.1) is 0 Å². The predicted octanol–water partition coefficient (Wildman–Crippen LogP) is 5.50. The van der Waals surface area contributed by atoms with Gasteiger partial charge in [-0.3, -0.25) is 0 Å². The van der Waals surface area contributed by atoms with Gasteiger partial charge >= 0.3 is 143 Å². The average Bonchev–Trinajstić information content (AvgIpc) is 2.90. The maximum absolute atomic E-state index is 13.1. The molecule has 0 radical (unpaired) electrons. The Morgan fingerprint density at radius 3 is 1.70 bits per heavy atom. The van der Waals surface area contributed by atoms with Crippen molar-refractivity contribution in [1.82, 2.24) is 9.78 Å². The summed E-state index contributed by atoms with van der Waals surface area (Å²) in [5.74, 6) is 0. The summed E-state index contributed by atoms with van der Waals surface area (Å²) in [7, 11) is 1.71. The summed E-state index contributed by atoms with van der Waals surface area (Å²) in [5, 5.41) is 3.82. The molecule has 1 aromatic rings. The fourth-order valence-corrected chi connectivity index (χ4v) is 19.9. The van der Waals surface area contributed by atoms with Crippen LogP contribution in [0.1, 0.15) is 65.0 Å². The Morgan fingerprint density at radius 2 is 1.39 bits per heavy atom. The van der Waals surface area contributed by atoms with Crippen LogP contribution in [-0.4, -0.2) is 28.2 Å². The molecule has 0 aliphatic carbocycles. The topological polar surface area (TPSA) is 17.8 Å². The second-order valence-corrected chi connectivity index (χ2v) is 19.7. The zero-order chi connectivity index (χ0) is 17.5. The van der Waals surface area contributed by atoms with Crippen LogP contribution in [-0.2, 0) is 13.2 Å². The summed E-state index contributed by atoms with van der Waals surface area (Å²) in [6.45, 7) is 6.50. The molecule has 134 valence electrons. The van der Waals surface area contributed by atoms with Crippen LogP contribution in [0.2, 0.25) is 13.3 Å². The molecule has 0 saturated heterocycles. The van der Waals surface area contributed by atoms with Crippen molar-refractivity contribution in [3.05, 3.63) is 11.8 Å². The summed E-state index contributed by atoms with van der Waals surface area (Å²) in [6, 6.07) is 1.39. The SMILES string of the molecule is CCC[CH2][Sn]([CH2]CCC)([CH2]CCC)[c]1cc(C(F)(F)F)nn1C. The van der Waals surface area contributed by atoms with Crippen molar-refractivity contribution in [2.75, 3.05) is 0 Å². The van der Waals surface area contributed by atoms with Crippen molar-refractivity contribution in [1.29, 1.82) is 0 Å². The number of nitrogens with zero attached hydrogens (tertiary/aromatic N) is 2. The van der Waals surface area contributed by atoms with Crippen LogP contribution in [0, 0.1) is 0 Å². The molecule has 1 aromatic heterocycles. The van der Waals surface area contributed by atoms with E-state index in [1.54, 1.807) is 11.7 Å². The zero-order valence-electron chi connectivity index (χ0n) is 15.0. The van der Waals surface area contributed by atoms with E-state index in [0.29, 0.717) is 0 Å². The van der Waals surface area contributed by atoms with E-state index in [1.807, 2.05) is 0 Å². The number of rotatable bonds is 10. The number of halogens is 3. The summed E-state index contributed by atoms with van der Waals surface area (Å²) in [4.78, 5) is 0. The fraction of sp³-hybridized carbons (Fsp3) is 0.824. The molecule has 0 aliphatic rings. The number of hydrogen-bond acceptors (Lipinski definition) is 1. The standard InChI is InChI=1S/C5H4F3N2.3C4H9.Sn/c1-10-3-2-4(9-10)5(6,7)8;3*1-3-4-2;/h2H,1H3;3*1,3-4H2,2H3;. The first-order valence-electron chi connectivity index (χ1n) is 8.92. The van der Waals surface area contributed by atoms with E-state index < -0.39 is 30.2 Å². The zero-order valence-corrected chi connectivity index (χ0v) is 17.8. The van der Waals surface area contributed by atoms with Gasteiger partial charge in [0.15, 0.2) is 0 Å². The normalized spacial score (nSPS) is 12.8. The summed E-state index contributed by atoms with van der Waals surface area (Å²) in [6.07, 6.45) is 2.40. The number of unbranched alkanes of at least 4 members (excludes halogenated alkanes) is 3. The van der Waals surface area contributed by atoms with Crippen LogP contribution < -0.4 is 3.71 Å². The predicted molar refractivity (Wildman–Crippen MR) is 92.7 cm³/mol. The van der Waals surface area contributed by atoms with Crippen molar-refractivity contribution >= 4 is 22.1 Å². The van der Waals surface area contributed by atoms with Crippen LogP contribution in [0.4, 0.5) is 13.2 Å². The molecule has 0 fully saturated rings. The van der Waals surface area contributed by atoms with E-state index in [4.69, 9.17) is 0 Å². The first-order chi connectivity index (χ1) is 10.8. The molecule has 6 heteroatoms. The first-order valence-corrected chi connectivity index (χ1v) is 16.4. The number of aromatic nitrogens is 2. The third kappa shape index (κ3) is 5.68. The van der Waals surface area contributed by atoms with Gasteiger partial charge in [-0.05, 0) is 0 Å². The van der Waals surface area contributed by atoms with Crippen molar-refractivity contribution in [2.45, 2.75) is 78.8 Å². The molecule has 0 unspecified atom stereocenters. The van der Waals surface area contributed by atoms with E-state index >= 15 is 0 Å². The van der Waals surface area contributed by atoms with Gasteiger partial charge in [0.25, 0.3) is 0 Å². The molecule has 0 aliphatic heterocycles. The molecule has 23 heavy (non-hydrogen) atoms. The van der Waals surface area contributed by atoms with Gasteiger partial charge in [-0.1, -0.05) is 0 Å². The quantitative estimate of drug-likeness (QED) is 0.441. The molecular formula is C17H31F3N2Sn. The third-order valence-electron chi connectivity index (χ3n) is 4.74. The van der Waals surface area contributed by atoms with Crippen molar-refractivity contribution in [3.63, 3.8) is 0 Å². The van der Waals surface area contributed by atoms with Crippen LogP contribution in [0.15, 0.2) is 6.07 Å². The molecular weight excluding hydrogens is 408 g/mol. The fourth-order valence-electron chi connectivity index (χ4n) is 3.41. The van der Waals surface area contributed by atoms with E-state index in [9.17, 15) is 13.2 Å².